The first-order chi connectivity index (χ1) is 16.5. The molecule has 4 aromatic rings. The highest BCUT2D eigenvalue weighted by molar-refractivity contribution is 7.99. The number of nitrogens with zero attached hydrogens (tertiary/aromatic N) is 3. The minimum Gasteiger partial charge on any atom is -0.495 e. The second kappa shape index (κ2) is 10.3. The highest BCUT2D eigenvalue weighted by Crippen LogP contribution is 2.28. The van der Waals surface area contributed by atoms with Gasteiger partial charge in [-0.3, -0.25) is 14.2 Å². The monoisotopic (exact) mass is 477 g/mol. The molecule has 0 N–H and O–H groups in total. The molecule has 0 fully saturated rings. The molecule has 34 heavy (non-hydrogen) atoms. The Morgan fingerprint density at radius 2 is 1.79 bits per heavy atom. The number of rotatable bonds is 9. The molecule has 0 saturated heterocycles. The van der Waals surface area contributed by atoms with Gasteiger partial charge in [0.1, 0.15) is 5.75 Å². The van der Waals surface area contributed by atoms with Gasteiger partial charge in [-0.15, -0.1) is 0 Å². The van der Waals surface area contributed by atoms with Crippen LogP contribution in [0.3, 0.4) is 0 Å². The highest BCUT2D eigenvalue weighted by Gasteiger charge is 2.20. The van der Waals surface area contributed by atoms with Gasteiger partial charge in [0.2, 0.25) is 0 Å². The molecular weight excluding hydrogens is 450 g/mol. The molecule has 0 aliphatic heterocycles. The molecule has 2 heterocycles. The minimum atomic E-state index is -0.206. The van der Waals surface area contributed by atoms with E-state index >= 15 is 0 Å². The van der Waals surface area contributed by atoms with Crippen LogP contribution in [0.1, 0.15) is 21.7 Å². The molecule has 0 aliphatic carbocycles. The molecule has 0 unspecified atom stereocenters. The average Bonchev–Trinajstić information content (AvgIpc) is 3.14. The van der Waals surface area contributed by atoms with Crippen LogP contribution in [0.5, 0.6) is 5.75 Å². The maximum absolute atomic E-state index is 13.5. The van der Waals surface area contributed by atoms with Gasteiger partial charge in [0, 0.05) is 30.6 Å². The number of methoxy groups -OCH3 is 2. The number of fused-ring (bicyclic) bond motifs is 1. The second-order valence-corrected chi connectivity index (χ2v) is 8.81. The van der Waals surface area contributed by atoms with E-state index in [4.69, 9.17) is 14.5 Å². The Bertz CT molecular complexity index is 1410. The zero-order valence-corrected chi connectivity index (χ0v) is 20.5. The number of thioether (sulfide) groups is 1. The zero-order valence-electron chi connectivity index (χ0n) is 19.7. The summed E-state index contributed by atoms with van der Waals surface area (Å²) >= 11 is 1.25. The van der Waals surface area contributed by atoms with Crippen molar-refractivity contribution >= 4 is 28.4 Å². The van der Waals surface area contributed by atoms with Crippen molar-refractivity contribution in [3.05, 3.63) is 81.9 Å². The van der Waals surface area contributed by atoms with Gasteiger partial charge < -0.3 is 14.0 Å². The Kier molecular flexibility index (Phi) is 7.19. The smallest absolute Gasteiger partial charge is 0.266 e. The van der Waals surface area contributed by atoms with Crippen molar-refractivity contribution in [2.75, 3.05) is 26.6 Å². The summed E-state index contributed by atoms with van der Waals surface area (Å²) in [5.41, 5.74) is 3.56. The van der Waals surface area contributed by atoms with Crippen LogP contribution in [0.25, 0.3) is 16.6 Å². The lowest BCUT2D eigenvalue weighted by Crippen LogP contribution is -2.22. The summed E-state index contributed by atoms with van der Waals surface area (Å²) in [6.07, 6.45) is 0. The molecule has 0 saturated carbocycles. The number of para-hydroxylation sites is 3. The molecule has 176 valence electrons. The predicted octanol–water partition coefficient (Wildman–Crippen LogP) is 4.43. The summed E-state index contributed by atoms with van der Waals surface area (Å²) in [5, 5.41) is 0.945. The lowest BCUT2D eigenvalue weighted by Gasteiger charge is -2.15. The molecule has 0 aliphatic rings. The van der Waals surface area contributed by atoms with E-state index in [0.717, 1.165) is 11.4 Å². The summed E-state index contributed by atoms with van der Waals surface area (Å²) in [5.74, 6) is 0.682. The Morgan fingerprint density at radius 1 is 1.06 bits per heavy atom. The molecule has 4 rings (SSSR count). The third-order valence-electron chi connectivity index (χ3n) is 5.80. The van der Waals surface area contributed by atoms with Crippen molar-refractivity contribution in [2.24, 2.45) is 0 Å². The van der Waals surface area contributed by atoms with Gasteiger partial charge in [0.25, 0.3) is 5.56 Å². The van der Waals surface area contributed by atoms with Crippen molar-refractivity contribution in [3.8, 4) is 11.4 Å². The van der Waals surface area contributed by atoms with Crippen LogP contribution in [0.4, 0.5) is 0 Å². The number of carbonyl (C=O) groups excluding carboxylic acids is 1. The van der Waals surface area contributed by atoms with Crippen molar-refractivity contribution in [3.63, 3.8) is 0 Å². The predicted molar refractivity (Wildman–Crippen MR) is 135 cm³/mol. The number of benzene rings is 2. The van der Waals surface area contributed by atoms with Crippen molar-refractivity contribution in [1.29, 1.82) is 0 Å². The van der Waals surface area contributed by atoms with Crippen molar-refractivity contribution in [2.45, 2.75) is 25.5 Å². The highest BCUT2D eigenvalue weighted by atomic mass is 32.2. The number of hydrogen-bond donors (Lipinski definition) is 0. The van der Waals surface area contributed by atoms with E-state index in [0.29, 0.717) is 46.2 Å². The van der Waals surface area contributed by atoms with E-state index < -0.39 is 0 Å². The van der Waals surface area contributed by atoms with Gasteiger partial charge in [-0.1, -0.05) is 36.0 Å². The number of carbonyl (C=O) groups is 1. The molecule has 0 bridgehead atoms. The SMILES string of the molecule is COCCn1c(C)cc(C(=O)CSc2nc3ccccc3c(=O)n2-c2ccccc2OC)c1C. The number of hydrogen-bond acceptors (Lipinski definition) is 6. The van der Waals surface area contributed by atoms with E-state index in [-0.39, 0.29) is 17.1 Å². The fourth-order valence-corrected chi connectivity index (χ4v) is 4.94. The van der Waals surface area contributed by atoms with Gasteiger partial charge in [-0.2, -0.15) is 0 Å². The second-order valence-electron chi connectivity index (χ2n) is 7.87. The normalized spacial score (nSPS) is 11.2. The maximum atomic E-state index is 13.5. The Morgan fingerprint density at radius 3 is 2.56 bits per heavy atom. The molecule has 2 aromatic heterocycles. The first kappa shape index (κ1) is 23.8. The Hall–Kier alpha value is -3.36. The largest absolute Gasteiger partial charge is 0.495 e. The molecule has 0 amide bonds. The first-order valence-corrected chi connectivity index (χ1v) is 11.9. The Labute approximate surface area is 202 Å². The number of aromatic nitrogens is 3. The van der Waals surface area contributed by atoms with E-state index in [9.17, 15) is 9.59 Å². The number of ether oxygens (including phenoxy) is 2. The molecule has 0 atom stereocenters. The topological polar surface area (TPSA) is 75.4 Å². The maximum Gasteiger partial charge on any atom is 0.266 e. The van der Waals surface area contributed by atoms with Crippen molar-refractivity contribution < 1.29 is 14.3 Å². The number of Topliss-reactive ketones (excluding diaryl/α,β-unsaturated/α-hetero) is 1. The van der Waals surface area contributed by atoms with Gasteiger partial charge >= 0.3 is 0 Å². The minimum absolute atomic E-state index is 0.0178. The summed E-state index contributed by atoms with van der Waals surface area (Å²) in [6.45, 7) is 5.19. The van der Waals surface area contributed by atoms with E-state index in [1.165, 1.54) is 16.3 Å². The van der Waals surface area contributed by atoms with Crippen LogP contribution in [0, 0.1) is 13.8 Å². The standard InChI is InChI=1S/C26H27N3O4S/c1-17-15-20(18(2)28(17)13-14-32-3)23(30)16-34-26-27-21-10-6-5-9-19(21)25(31)29(26)22-11-7-8-12-24(22)33-4/h5-12,15H,13-14,16H2,1-4H3. The summed E-state index contributed by atoms with van der Waals surface area (Å²) in [6, 6.07) is 16.4. The molecule has 0 spiro atoms. The van der Waals surface area contributed by atoms with Gasteiger partial charge in [-0.25, -0.2) is 4.98 Å². The molecular formula is C26H27N3O4S. The molecule has 8 heteroatoms. The first-order valence-electron chi connectivity index (χ1n) is 10.9. The average molecular weight is 478 g/mol. The summed E-state index contributed by atoms with van der Waals surface area (Å²) < 4.78 is 14.3. The number of aryl methyl sites for hydroxylation is 1. The van der Waals surface area contributed by atoms with Crippen LogP contribution in [-0.2, 0) is 11.3 Å². The molecule has 2 aromatic carbocycles. The van der Waals surface area contributed by atoms with Gasteiger partial charge in [0.05, 0.1) is 36.1 Å². The summed E-state index contributed by atoms with van der Waals surface area (Å²) in [4.78, 5) is 31.4. The van der Waals surface area contributed by atoms with Crippen molar-refractivity contribution in [1.82, 2.24) is 14.1 Å². The van der Waals surface area contributed by atoms with E-state index in [1.807, 2.05) is 50.2 Å². The van der Waals surface area contributed by atoms with Crippen LogP contribution in [0.15, 0.2) is 64.5 Å². The lowest BCUT2D eigenvalue weighted by molar-refractivity contribution is 0.102. The van der Waals surface area contributed by atoms with E-state index in [1.54, 1.807) is 32.4 Å². The van der Waals surface area contributed by atoms with E-state index in [2.05, 4.69) is 4.57 Å². The van der Waals surface area contributed by atoms with Gasteiger partial charge in [0.15, 0.2) is 10.9 Å². The fraction of sp³-hybridized carbons (Fsp3) is 0.269. The van der Waals surface area contributed by atoms with Gasteiger partial charge in [-0.05, 0) is 44.2 Å². The molecule has 7 nitrogen and oxygen atoms in total. The third kappa shape index (κ3) is 4.51. The van der Waals surface area contributed by atoms with Crippen LogP contribution >= 0.6 is 11.8 Å². The quantitative estimate of drug-likeness (QED) is 0.202. The van der Waals surface area contributed by atoms with Crippen LogP contribution in [-0.4, -0.2) is 46.5 Å². The fourth-order valence-electron chi connectivity index (χ4n) is 4.05. The number of ketones is 1. The third-order valence-corrected chi connectivity index (χ3v) is 6.74. The van der Waals surface area contributed by atoms with Crippen LogP contribution in [0.2, 0.25) is 0 Å². The summed E-state index contributed by atoms with van der Waals surface area (Å²) in [7, 11) is 3.22. The lowest BCUT2D eigenvalue weighted by atomic mass is 10.2. The Balaban J connectivity index is 1.73. The zero-order chi connectivity index (χ0) is 24.2. The molecule has 0 radical (unpaired) electrons. The van der Waals surface area contributed by atoms with Crippen LogP contribution < -0.4 is 10.3 Å².